The second kappa shape index (κ2) is 6.54. The Morgan fingerprint density at radius 1 is 1.14 bits per heavy atom. The van der Waals surface area contributed by atoms with E-state index in [2.05, 4.69) is 5.32 Å². The minimum Gasteiger partial charge on any atom is -0.395 e. The lowest BCUT2D eigenvalue weighted by Gasteiger charge is -2.15. The number of aliphatic hydroxyl groups excluding tert-OH is 2. The van der Waals surface area contributed by atoms with Crippen molar-refractivity contribution in [2.45, 2.75) is 12.5 Å². The predicted molar refractivity (Wildman–Crippen MR) is 56.1 cm³/mol. The van der Waals surface area contributed by atoms with Crippen LogP contribution >= 0.6 is 0 Å². The van der Waals surface area contributed by atoms with Crippen LogP contribution in [-0.4, -0.2) is 36.0 Å². The molecule has 0 aliphatic heterocycles. The first-order valence-corrected chi connectivity index (χ1v) is 4.86. The van der Waals surface area contributed by atoms with Crippen molar-refractivity contribution in [2.24, 2.45) is 0 Å². The molecule has 0 bridgehead atoms. The number of nitrogens with one attached hydrogen (secondary N) is 1. The van der Waals surface area contributed by atoms with Gasteiger partial charge >= 0.3 is 0 Å². The SMILES string of the molecule is OCCNC(CO)Cc1ccccc1. The fraction of sp³-hybridized carbons (Fsp3) is 0.455. The van der Waals surface area contributed by atoms with E-state index in [-0.39, 0.29) is 19.3 Å². The van der Waals surface area contributed by atoms with Crippen LogP contribution in [0, 0.1) is 0 Å². The average Bonchev–Trinajstić information content (AvgIpc) is 2.25. The van der Waals surface area contributed by atoms with Gasteiger partial charge in [-0.1, -0.05) is 30.3 Å². The number of aliphatic hydroxyl groups is 2. The Morgan fingerprint density at radius 2 is 1.86 bits per heavy atom. The van der Waals surface area contributed by atoms with Gasteiger partial charge in [0.05, 0.1) is 13.2 Å². The first-order valence-electron chi connectivity index (χ1n) is 4.86. The largest absolute Gasteiger partial charge is 0.395 e. The average molecular weight is 195 g/mol. The second-order valence-corrected chi connectivity index (χ2v) is 3.25. The number of benzene rings is 1. The second-order valence-electron chi connectivity index (χ2n) is 3.25. The molecule has 1 atom stereocenters. The molecule has 0 aliphatic rings. The van der Waals surface area contributed by atoms with E-state index in [1.165, 1.54) is 5.56 Å². The molecule has 1 aromatic carbocycles. The molecule has 1 rings (SSSR count). The van der Waals surface area contributed by atoms with Gasteiger partial charge in [0.1, 0.15) is 0 Å². The molecule has 0 aliphatic carbocycles. The topological polar surface area (TPSA) is 52.5 Å². The molecule has 1 unspecified atom stereocenters. The van der Waals surface area contributed by atoms with Crippen LogP contribution in [0.4, 0.5) is 0 Å². The molecule has 0 fully saturated rings. The van der Waals surface area contributed by atoms with E-state index < -0.39 is 0 Å². The summed E-state index contributed by atoms with van der Waals surface area (Å²) in [5.41, 5.74) is 1.19. The predicted octanol–water partition coefficient (Wildman–Crippen LogP) is 0.172. The third-order valence-electron chi connectivity index (χ3n) is 2.09. The van der Waals surface area contributed by atoms with E-state index in [1.54, 1.807) is 0 Å². The summed E-state index contributed by atoms with van der Waals surface area (Å²) in [4.78, 5) is 0. The van der Waals surface area contributed by atoms with E-state index in [9.17, 15) is 0 Å². The third-order valence-corrected chi connectivity index (χ3v) is 2.09. The molecule has 3 heteroatoms. The molecule has 78 valence electrons. The number of hydrogen-bond donors (Lipinski definition) is 3. The lowest BCUT2D eigenvalue weighted by atomic mass is 10.1. The van der Waals surface area contributed by atoms with Crippen molar-refractivity contribution in [2.75, 3.05) is 19.8 Å². The summed E-state index contributed by atoms with van der Waals surface area (Å²) < 4.78 is 0. The molecule has 0 heterocycles. The normalized spacial score (nSPS) is 12.7. The van der Waals surface area contributed by atoms with Crippen LogP contribution in [0.2, 0.25) is 0 Å². The molecule has 14 heavy (non-hydrogen) atoms. The Kier molecular flexibility index (Phi) is 5.22. The summed E-state index contributed by atoms with van der Waals surface area (Å²) in [6.07, 6.45) is 0.789. The maximum Gasteiger partial charge on any atom is 0.0587 e. The van der Waals surface area contributed by atoms with Crippen molar-refractivity contribution in [1.29, 1.82) is 0 Å². The zero-order valence-electron chi connectivity index (χ0n) is 8.19. The lowest BCUT2D eigenvalue weighted by molar-refractivity contribution is 0.225. The van der Waals surface area contributed by atoms with Gasteiger partial charge < -0.3 is 15.5 Å². The Morgan fingerprint density at radius 3 is 2.43 bits per heavy atom. The first kappa shape index (κ1) is 11.2. The van der Waals surface area contributed by atoms with Crippen LogP contribution in [0.1, 0.15) is 5.56 Å². The van der Waals surface area contributed by atoms with Crippen LogP contribution in [0.3, 0.4) is 0 Å². The summed E-state index contributed by atoms with van der Waals surface area (Å²) in [5.74, 6) is 0. The fourth-order valence-corrected chi connectivity index (χ4v) is 1.37. The standard InChI is InChI=1S/C11H17NO2/c13-7-6-12-11(9-14)8-10-4-2-1-3-5-10/h1-5,11-14H,6-9H2. The maximum absolute atomic E-state index is 9.07. The molecule has 0 spiro atoms. The molecule has 3 N–H and O–H groups in total. The Labute approximate surface area is 84.4 Å². The monoisotopic (exact) mass is 195 g/mol. The van der Waals surface area contributed by atoms with Crippen LogP contribution in [0.5, 0.6) is 0 Å². The molecule has 0 saturated carbocycles. The van der Waals surface area contributed by atoms with Crippen molar-refractivity contribution < 1.29 is 10.2 Å². The highest BCUT2D eigenvalue weighted by Gasteiger charge is 2.06. The molecule has 0 saturated heterocycles. The van der Waals surface area contributed by atoms with Crippen LogP contribution in [0.25, 0.3) is 0 Å². The van der Waals surface area contributed by atoms with Crippen LogP contribution in [-0.2, 0) is 6.42 Å². The van der Waals surface area contributed by atoms with Crippen molar-refractivity contribution in [1.82, 2.24) is 5.32 Å². The lowest BCUT2D eigenvalue weighted by Crippen LogP contribution is -2.36. The summed E-state index contributed by atoms with van der Waals surface area (Å²) in [6, 6.07) is 10.0. The number of hydrogen-bond acceptors (Lipinski definition) is 3. The maximum atomic E-state index is 9.07. The Balaban J connectivity index is 2.40. The fourth-order valence-electron chi connectivity index (χ4n) is 1.37. The smallest absolute Gasteiger partial charge is 0.0587 e. The summed E-state index contributed by atoms with van der Waals surface area (Å²) >= 11 is 0. The minimum atomic E-state index is 0.0320. The van der Waals surface area contributed by atoms with Crippen molar-refractivity contribution >= 4 is 0 Å². The van der Waals surface area contributed by atoms with Gasteiger partial charge in [0.25, 0.3) is 0 Å². The molecule has 1 aromatic rings. The van der Waals surface area contributed by atoms with Crippen LogP contribution < -0.4 is 5.32 Å². The quantitative estimate of drug-likeness (QED) is 0.606. The van der Waals surface area contributed by atoms with E-state index in [0.717, 1.165) is 6.42 Å². The first-order chi connectivity index (χ1) is 6.86. The Bertz CT molecular complexity index is 238. The van der Waals surface area contributed by atoms with Gasteiger partial charge in [-0.3, -0.25) is 0 Å². The van der Waals surface area contributed by atoms with Gasteiger partial charge in [-0.25, -0.2) is 0 Å². The highest BCUT2D eigenvalue weighted by atomic mass is 16.3. The summed E-state index contributed by atoms with van der Waals surface area (Å²) in [6.45, 7) is 0.720. The Hall–Kier alpha value is -0.900. The highest BCUT2D eigenvalue weighted by Crippen LogP contribution is 2.02. The van der Waals surface area contributed by atoms with Crippen molar-refractivity contribution in [3.05, 3.63) is 35.9 Å². The van der Waals surface area contributed by atoms with Gasteiger partial charge in [-0.15, -0.1) is 0 Å². The van der Waals surface area contributed by atoms with Crippen molar-refractivity contribution in [3.8, 4) is 0 Å². The minimum absolute atomic E-state index is 0.0320. The molecule has 0 aromatic heterocycles. The van der Waals surface area contributed by atoms with E-state index in [1.807, 2.05) is 30.3 Å². The van der Waals surface area contributed by atoms with E-state index in [0.29, 0.717) is 6.54 Å². The van der Waals surface area contributed by atoms with Gasteiger partial charge in [-0.2, -0.15) is 0 Å². The van der Waals surface area contributed by atoms with Crippen LogP contribution in [0.15, 0.2) is 30.3 Å². The van der Waals surface area contributed by atoms with Crippen molar-refractivity contribution in [3.63, 3.8) is 0 Å². The summed E-state index contributed by atoms with van der Waals surface area (Å²) in [7, 11) is 0. The van der Waals surface area contributed by atoms with E-state index >= 15 is 0 Å². The van der Waals surface area contributed by atoms with E-state index in [4.69, 9.17) is 10.2 Å². The highest BCUT2D eigenvalue weighted by molar-refractivity contribution is 5.15. The molecular formula is C11H17NO2. The number of rotatable bonds is 6. The van der Waals surface area contributed by atoms with Gasteiger partial charge in [-0.05, 0) is 12.0 Å². The zero-order chi connectivity index (χ0) is 10.2. The van der Waals surface area contributed by atoms with Gasteiger partial charge in [0, 0.05) is 12.6 Å². The van der Waals surface area contributed by atoms with Gasteiger partial charge in [0.15, 0.2) is 0 Å². The molecule has 0 radical (unpaired) electrons. The van der Waals surface area contributed by atoms with Gasteiger partial charge in [0.2, 0.25) is 0 Å². The molecule has 0 amide bonds. The molecule has 3 nitrogen and oxygen atoms in total. The summed E-state index contributed by atoms with van der Waals surface area (Å²) in [5, 5.41) is 20.8. The third kappa shape index (κ3) is 3.87. The molecular weight excluding hydrogens is 178 g/mol. The zero-order valence-corrected chi connectivity index (χ0v) is 8.19.